The van der Waals surface area contributed by atoms with Gasteiger partial charge in [0.1, 0.15) is 0 Å². The Balaban J connectivity index is 1.76. The van der Waals surface area contributed by atoms with Crippen LogP contribution >= 0.6 is 0 Å². The number of rotatable bonds is 3. The molecule has 2 aliphatic rings. The SMILES string of the molecule is C=CCN1CCC[C@]12CCCN(C(=O)c1ccc(C)nc1)C2. The number of hydrogen-bond donors (Lipinski definition) is 0. The Morgan fingerprint density at radius 1 is 1.36 bits per heavy atom. The van der Waals surface area contributed by atoms with Crippen LogP contribution in [0.25, 0.3) is 0 Å². The highest BCUT2D eigenvalue weighted by molar-refractivity contribution is 5.94. The lowest BCUT2D eigenvalue weighted by molar-refractivity contribution is 0.0366. The lowest BCUT2D eigenvalue weighted by atomic mass is 9.86. The van der Waals surface area contributed by atoms with Crippen molar-refractivity contribution in [2.75, 3.05) is 26.2 Å². The van der Waals surface area contributed by atoms with Gasteiger partial charge in [0.25, 0.3) is 5.91 Å². The van der Waals surface area contributed by atoms with Crippen LogP contribution in [-0.4, -0.2) is 52.4 Å². The predicted octanol–water partition coefficient (Wildman–Crippen LogP) is 2.65. The van der Waals surface area contributed by atoms with E-state index in [-0.39, 0.29) is 11.4 Å². The van der Waals surface area contributed by atoms with Crippen molar-refractivity contribution in [2.45, 2.75) is 38.1 Å². The van der Waals surface area contributed by atoms with E-state index in [0.717, 1.165) is 38.3 Å². The van der Waals surface area contributed by atoms with Gasteiger partial charge in [-0.15, -0.1) is 6.58 Å². The van der Waals surface area contributed by atoms with Crippen LogP contribution in [0.2, 0.25) is 0 Å². The third kappa shape index (κ3) is 2.80. The largest absolute Gasteiger partial charge is 0.337 e. The number of piperidine rings is 1. The Hall–Kier alpha value is -1.68. The van der Waals surface area contributed by atoms with Crippen LogP contribution in [0, 0.1) is 6.92 Å². The summed E-state index contributed by atoms with van der Waals surface area (Å²) < 4.78 is 0. The summed E-state index contributed by atoms with van der Waals surface area (Å²) in [4.78, 5) is 21.6. The van der Waals surface area contributed by atoms with Crippen LogP contribution in [0.4, 0.5) is 0 Å². The van der Waals surface area contributed by atoms with Gasteiger partial charge in [-0.25, -0.2) is 0 Å². The fourth-order valence-corrected chi connectivity index (χ4v) is 3.96. The van der Waals surface area contributed by atoms with Crippen molar-refractivity contribution < 1.29 is 4.79 Å². The molecule has 22 heavy (non-hydrogen) atoms. The minimum absolute atomic E-state index is 0.122. The molecule has 3 heterocycles. The number of amides is 1. The average Bonchev–Trinajstić information content (AvgIpc) is 2.90. The third-order valence-corrected chi connectivity index (χ3v) is 5.09. The molecular weight excluding hydrogens is 274 g/mol. The minimum Gasteiger partial charge on any atom is -0.337 e. The third-order valence-electron chi connectivity index (χ3n) is 5.09. The van der Waals surface area contributed by atoms with E-state index in [1.165, 1.54) is 19.3 Å². The van der Waals surface area contributed by atoms with Gasteiger partial charge in [0.05, 0.1) is 5.56 Å². The van der Waals surface area contributed by atoms with Gasteiger partial charge in [-0.3, -0.25) is 14.7 Å². The summed E-state index contributed by atoms with van der Waals surface area (Å²) in [6.07, 6.45) is 8.38. The Morgan fingerprint density at radius 3 is 2.82 bits per heavy atom. The van der Waals surface area contributed by atoms with Crippen molar-refractivity contribution in [1.29, 1.82) is 0 Å². The summed E-state index contributed by atoms with van der Waals surface area (Å²) in [6, 6.07) is 3.80. The molecule has 2 aliphatic heterocycles. The first-order chi connectivity index (χ1) is 10.6. The summed E-state index contributed by atoms with van der Waals surface area (Å²) >= 11 is 0. The lowest BCUT2D eigenvalue weighted by Gasteiger charge is -2.45. The highest BCUT2D eigenvalue weighted by Crippen LogP contribution is 2.37. The van der Waals surface area contributed by atoms with E-state index in [4.69, 9.17) is 0 Å². The van der Waals surface area contributed by atoms with Crippen molar-refractivity contribution in [3.05, 3.63) is 42.2 Å². The van der Waals surface area contributed by atoms with E-state index in [1.807, 2.05) is 30.0 Å². The molecule has 1 aromatic rings. The number of pyridine rings is 1. The zero-order valence-electron chi connectivity index (χ0n) is 13.4. The fourth-order valence-electron chi connectivity index (χ4n) is 3.96. The second-order valence-electron chi connectivity index (χ2n) is 6.58. The Morgan fingerprint density at radius 2 is 2.14 bits per heavy atom. The maximum atomic E-state index is 12.8. The van der Waals surface area contributed by atoms with Crippen LogP contribution in [0.1, 0.15) is 41.7 Å². The van der Waals surface area contributed by atoms with Gasteiger partial charge < -0.3 is 4.90 Å². The molecular formula is C18H25N3O. The molecule has 0 aromatic carbocycles. The second kappa shape index (κ2) is 6.21. The number of hydrogen-bond acceptors (Lipinski definition) is 3. The highest BCUT2D eigenvalue weighted by Gasteiger charge is 2.44. The van der Waals surface area contributed by atoms with Crippen LogP contribution in [0.5, 0.6) is 0 Å². The van der Waals surface area contributed by atoms with Crippen molar-refractivity contribution in [3.8, 4) is 0 Å². The number of carbonyl (C=O) groups is 1. The van der Waals surface area contributed by atoms with Crippen LogP contribution in [-0.2, 0) is 0 Å². The first-order valence-corrected chi connectivity index (χ1v) is 8.22. The van der Waals surface area contributed by atoms with Gasteiger partial charge in [0.2, 0.25) is 0 Å². The number of carbonyl (C=O) groups excluding carboxylic acids is 1. The van der Waals surface area contributed by atoms with Crippen LogP contribution < -0.4 is 0 Å². The molecule has 3 rings (SSSR count). The van der Waals surface area contributed by atoms with E-state index in [9.17, 15) is 4.79 Å². The van der Waals surface area contributed by atoms with E-state index < -0.39 is 0 Å². The molecule has 4 nitrogen and oxygen atoms in total. The Kier molecular flexibility index (Phi) is 4.30. The van der Waals surface area contributed by atoms with E-state index in [2.05, 4.69) is 16.5 Å². The summed E-state index contributed by atoms with van der Waals surface area (Å²) in [5.41, 5.74) is 1.82. The molecule has 0 N–H and O–H groups in total. The van der Waals surface area contributed by atoms with Gasteiger partial charge in [0.15, 0.2) is 0 Å². The maximum absolute atomic E-state index is 12.8. The van der Waals surface area contributed by atoms with Crippen LogP contribution in [0.3, 0.4) is 0 Å². The monoisotopic (exact) mass is 299 g/mol. The fraction of sp³-hybridized carbons (Fsp3) is 0.556. The zero-order chi connectivity index (χ0) is 15.6. The molecule has 0 aliphatic carbocycles. The molecule has 1 aromatic heterocycles. The molecule has 0 unspecified atom stereocenters. The minimum atomic E-state index is 0.122. The number of aromatic nitrogens is 1. The van der Waals surface area contributed by atoms with E-state index in [0.29, 0.717) is 5.56 Å². The van der Waals surface area contributed by atoms with E-state index in [1.54, 1.807) is 6.20 Å². The summed E-state index contributed by atoms with van der Waals surface area (Å²) in [5.74, 6) is 0.122. The number of aryl methyl sites for hydroxylation is 1. The highest BCUT2D eigenvalue weighted by atomic mass is 16.2. The molecule has 118 valence electrons. The lowest BCUT2D eigenvalue weighted by Crippen LogP contribution is -2.56. The first-order valence-electron chi connectivity index (χ1n) is 8.22. The van der Waals surface area contributed by atoms with Gasteiger partial charge in [-0.1, -0.05) is 6.08 Å². The molecule has 4 heteroatoms. The average molecular weight is 299 g/mol. The number of nitrogens with zero attached hydrogens (tertiary/aromatic N) is 3. The molecule has 0 saturated carbocycles. The summed E-state index contributed by atoms with van der Waals surface area (Å²) in [5, 5.41) is 0. The summed E-state index contributed by atoms with van der Waals surface area (Å²) in [6.45, 7) is 9.57. The first kappa shape index (κ1) is 15.2. The predicted molar refractivity (Wildman–Crippen MR) is 87.8 cm³/mol. The molecule has 1 atom stereocenters. The van der Waals surface area contributed by atoms with Crippen LogP contribution in [0.15, 0.2) is 31.0 Å². The molecule has 2 fully saturated rings. The van der Waals surface area contributed by atoms with Crippen molar-refractivity contribution in [2.24, 2.45) is 0 Å². The molecule has 1 amide bonds. The van der Waals surface area contributed by atoms with Gasteiger partial charge in [0, 0.05) is 37.1 Å². The molecule has 2 saturated heterocycles. The van der Waals surface area contributed by atoms with Gasteiger partial charge in [-0.2, -0.15) is 0 Å². The van der Waals surface area contributed by atoms with E-state index >= 15 is 0 Å². The quantitative estimate of drug-likeness (QED) is 0.805. The molecule has 0 radical (unpaired) electrons. The Bertz CT molecular complexity index is 554. The maximum Gasteiger partial charge on any atom is 0.255 e. The zero-order valence-corrected chi connectivity index (χ0v) is 13.4. The molecule has 1 spiro atoms. The summed E-state index contributed by atoms with van der Waals surface area (Å²) in [7, 11) is 0. The van der Waals surface area contributed by atoms with Crippen molar-refractivity contribution in [3.63, 3.8) is 0 Å². The standard InChI is InChI=1S/C18H25N3O/c1-3-10-21-12-5-9-18(21)8-4-11-20(14-18)17(22)16-7-6-15(2)19-13-16/h3,6-7,13H,1,4-5,8-12,14H2,2H3/t18-/m0/s1. The Labute approximate surface area is 132 Å². The number of likely N-dealkylation sites (tertiary alicyclic amines) is 2. The van der Waals surface area contributed by atoms with Crippen molar-refractivity contribution >= 4 is 5.91 Å². The van der Waals surface area contributed by atoms with Gasteiger partial charge in [-0.05, 0) is 51.3 Å². The smallest absolute Gasteiger partial charge is 0.255 e. The van der Waals surface area contributed by atoms with Crippen molar-refractivity contribution in [1.82, 2.24) is 14.8 Å². The molecule has 0 bridgehead atoms. The van der Waals surface area contributed by atoms with Gasteiger partial charge >= 0.3 is 0 Å². The normalized spacial score (nSPS) is 25.6. The topological polar surface area (TPSA) is 36.4 Å². The second-order valence-corrected chi connectivity index (χ2v) is 6.58.